The number of halogens is 3. The van der Waals surface area contributed by atoms with E-state index in [0.717, 1.165) is 17.7 Å². The van der Waals surface area contributed by atoms with Crippen LogP contribution < -0.4 is 5.32 Å². The first-order valence-electron chi connectivity index (χ1n) is 8.81. The van der Waals surface area contributed by atoms with E-state index in [0.29, 0.717) is 23.2 Å². The number of nitrogens with one attached hydrogen (secondary N) is 1. The molecule has 2 aromatic carbocycles. The quantitative estimate of drug-likeness (QED) is 0.637. The first kappa shape index (κ1) is 22.2. The van der Waals surface area contributed by atoms with Gasteiger partial charge in [0, 0.05) is 5.56 Å². The number of rotatable bonds is 5. The van der Waals surface area contributed by atoms with E-state index in [9.17, 15) is 31.6 Å². The van der Waals surface area contributed by atoms with Gasteiger partial charge in [0.1, 0.15) is 16.6 Å². The summed E-state index contributed by atoms with van der Waals surface area (Å²) in [6.45, 7) is 3.24. The summed E-state index contributed by atoms with van der Waals surface area (Å²) in [7, 11) is -5.52. The van der Waals surface area contributed by atoms with Crippen molar-refractivity contribution in [3.8, 4) is 6.07 Å². The van der Waals surface area contributed by atoms with Gasteiger partial charge < -0.3 is 5.32 Å². The number of carbonyl (C=O) groups is 1. The first-order valence-corrected chi connectivity index (χ1v) is 10.3. The molecule has 31 heavy (non-hydrogen) atoms. The number of hydrogen-bond donors (Lipinski definition) is 1. The van der Waals surface area contributed by atoms with Crippen molar-refractivity contribution in [2.24, 2.45) is 0 Å². The van der Waals surface area contributed by atoms with E-state index in [4.69, 9.17) is 0 Å². The van der Waals surface area contributed by atoms with Crippen molar-refractivity contribution >= 4 is 26.8 Å². The Morgan fingerprint density at radius 3 is 2.32 bits per heavy atom. The second kappa shape index (κ2) is 7.66. The van der Waals surface area contributed by atoms with E-state index < -0.39 is 31.7 Å². The van der Waals surface area contributed by atoms with E-state index in [1.54, 1.807) is 6.07 Å². The normalized spacial score (nSPS) is 14.1. The van der Waals surface area contributed by atoms with Gasteiger partial charge in [0.2, 0.25) is 0 Å². The van der Waals surface area contributed by atoms with Crippen molar-refractivity contribution in [3.05, 3.63) is 53.6 Å². The number of carbonyl (C=O) groups excluding carboxylic acids is 1. The van der Waals surface area contributed by atoms with Crippen molar-refractivity contribution in [3.63, 3.8) is 0 Å². The minimum absolute atomic E-state index is 0.0937. The summed E-state index contributed by atoms with van der Waals surface area (Å²) in [5.74, 6) is -0.771. The average molecular weight is 451 g/mol. The maximum absolute atomic E-state index is 12.6. The molecule has 12 heteroatoms. The molecular weight excluding hydrogens is 435 g/mol. The van der Waals surface area contributed by atoms with Crippen LogP contribution in [0, 0.1) is 18.3 Å². The molecule has 3 rings (SSSR count). The van der Waals surface area contributed by atoms with Crippen LogP contribution in [0.3, 0.4) is 0 Å². The second-order valence-corrected chi connectivity index (χ2v) is 9.04. The summed E-state index contributed by atoms with van der Waals surface area (Å²) >= 11 is 0. The summed E-state index contributed by atoms with van der Waals surface area (Å²) < 4.78 is 60.8. The number of amides is 1. The lowest BCUT2D eigenvalue weighted by molar-refractivity contribution is -0.0436. The fourth-order valence-electron chi connectivity index (χ4n) is 2.77. The minimum Gasteiger partial charge on any atom is -0.332 e. The molecule has 0 aliphatic heterocycles. The van der Waals surface area contributed by atoms with Gasteiger partial charge in [-0.1, -0.05) is 6.07 Å². The standard InChI is InChI=1S/C19H16F3N5O3S/c1-12-3-8-15-16(9-12)26-27(25-15)11-18(2,10-23)24-17(28)13-4-6-14(7-5-13)31(29,30)19(20,21)22/h3-9H,11H2,1-2H3,(H,24,28). The van der Waals surface area contributed by atoms with Crippen LogP contribution in [0.4, 0.5) is 13.2 Å². The highest BCUT2D eigenvalue weighted by atomic mass is 32.2. The predicted octanol–water partition coefficient (Wildman–Crippen LogP) is 2.75. The molecule has 0 bridgehead atoms. The maximum Gasteiger partial charge on any atom is 0.501 e. The minimum atomic E-state index is -5.52. The summed E-state index contributed by atoms with van der Waals surface area (Å²) in [5.41, 5.74) is -4.80. The number of aromatic nitrogens is 3. The molecule has 0 aliphatic rings. The molecule has 1 amide bonds. The summed E-state index contributed by atoms with van der Waals surface area (Å²) in [4.78, 5) is 12.8. The molecule has 1 atom stereocenters. The van der Waals surface area contributed by atoms with Gasteiger partial charge >= 0.3 is 5.51 Å². The number of alkyl halides is 3. The Kier molecular flexibility index (Phi) is 5.49. The Morgan fingerprint density at radius 1 is 1.13 bits per heavy atom. The number of aryl methyl sites for hydroxylation is 1. The fourth-order valence-corrected chi connectivity index (χ4v) is 3.53. The third kappa shape index (κ3) is 4.51. The van der Waals surface area contributed by atoms with Crippen molar-refractivity contribution < 1.29 is 26.4 Å². The topological polar surface area (TPSA) is 118 Å². The van der Waals surface area contributed by atoms with E-state index in [2.05, 4.69) is 15.5 Å². The van der Waals surface area contributed by atoms with Crippen LogP contribution in [0.5, 0.6) is 0 Å². The molecule has 0 spiro atoms. The van der Waals surface area contributed by atoms with Crippen molar-refractivity contribution in [2.45, 2.75) is 36.3 Å². The van der Waals surface area contributed by atoms with Crippen LogP contribution in [-0.4, -0.2) is 40.4 Å². The molecular formula is C19H16F3N5O3S. The zero-order valence-electron chi connectivity index (χ0n) is 16.3. The molecule has 0 fully saturated rings. The van der Waals surface area contributed by atoms with Crippen molar-refractivity contribution in [1.82, 2.24) is 20.3 Å². The van der Waals surface area contributed by atoms with Crippen LogP contribution in [0.1, 0.15) is 22.8 Å². The van der Waals surface area contributed by atoms with Gasteiger partial charge in [-0.3, -0.25) is 4.79 Å². The number of benzene rings is 2. The average Bonchev–Trinajstić information content (AvgIpc) is 3.08. The first-order chi connectivity index (χ1) is 14.3. The Hall–Kier alpha value is -3.46. The lowest BCUT2D eigenvalue weighted by atomic mass is 10.0. The maximum atomic E-state index is 12.6. The van der Waals surface area contributed by atoms with Crippen LogP contribution in [0.15, 0.2) is 47.4 Å². The number of nitriles is 1. The van der Waals surface area contributed by atoms with E-state index in [-0.39, 0.29) is 12.1 Å². The SMILES string of the molecule is Cc1ccc2nn(CC(C)(C#N)NC(=O)c3ccc(S(=O)(=O)C(F)(F)F)cc3)nc2c1. The fraction of sp³-hybridized carbons (Fsp3) is 0.263. The summed E-state index contributed by atoms with van der Waals surface area (Å²) in [5, 5.41) is 20.6. The zero-order chi connectivity index (χ0) is 23.0. The van der Waals surface area contributed by atoms with Gasteiger partial charge in [0.05, 0.1) is 17.5 Å². The molecule has 0 aliphatic carbocycles. The van der Waals surface area contributed by atoms with Crippen LogP contribution in [-0.2, 0) is 16.4 Å². The van der Waals surface area contributed by atoms with Crippen LogP contribution in [0.25, 0.3) is 11.0 Å². The third-order valence-electron chi connectivity index (χ3n) is 4.40. The number of nitrogens with zero attached hydrogens (tertiary/aromatic N) is 4. The molecule has 8 nitrogen and oxygen atoms in total. The van der Waals surface area contributed by atoms with Gasteiger partial charge in [0.25, 0.3) is 15.7 Å². The highest BCUT2D eigenvalue weighted by Gasteiger charge is 2.46. The highest BCUT2D eigenvalue weighted by molar-refractivity contribution is 7.92. The lowest BCUT2D eigenvalue weighted by Crippen LogP contribution is -2.48. The van der Waals surface area contributed by atoms with Gasteiger partial charge in [-0.2, -0.15) is 33.4 Å². The zero-order valence-corrected chi connectivity index (χ0v) is 17.1. The van der Waals surface area contributed by atoms with Crippen molar-refractivity contribution in [2.75, 3.05) is 0 Å². The van der Waals surface area contributed by atoms with E-state index in [1.165, 1.54) is 11.7 Å². The highest BCUT2D eigenvalue weighted by Crippen LogP contribution is 2.30. The largest absolute Gasteiger partial charge is 0.501 e. The number of sulfone groups is 1. The monoisotopic (exact) mass is 451 g/mol. The summed E-state index contributed by atoms with van der Waals surface area (Å²) in [6, 6.07) is 10.7. The molecule has 3 aromatic rings. The van der Waals surface area contributed by atoms with Gasteiger partial charge in [-0.25, -0.2) is 8.42 Å². The molecule has 1 N–H and O–H groups in total. The Balaban J connectivity index is 1.79. The second-order valence-electron chi connectivity index (χ2n) is 7.09. The van der Waals surface area contributed by atoms with Crippen LogP contribution >= 0.6 is 0 Å². The van der Waals surface area contributed by atoms with E-state index in [1.807, 2.05) is 25.1 Å². The third-order valence-corrected chi connectivity index (χ3v) is 5.90. The smallest absolute Gasteiger partial charge is 0.332 e. The van der Waals surface area contributed by atoms with Gasteiger partial charge in [-0.05, 0) is 55.8 Å². The molecule has 0 saturated heterocycles. The Labute approximate surface area is 175 Å². The Morgan fingerprint density at radius 2 is 1.74 bits per heavy atom. The van der Waals surface area contributed by atoms with Crippen LogP contribution in [0.2, 0.25) is 0 Å². The Bertz CT molecular complexity index is 1290. The molecule has 162 valence electrons. The molecule has 0 radical (unpaired) electrons. The number of fused-ring (bicyclic) bond motifs is 1. The molecule has 1 heterocycles. The van der Waals surface area contributed by atoms with Gasteiger partial charge in [-0.15, -0.1) is 0 Å². The number of hydrogen-bond acceptors (Lipinski definition) is 6. The van der Waals surface area contributed by atoms with Crippen molar-refractivity contribution in [1.29, 1.82) is 5.26 Å². The van der Waals surface area contributed by atoms with E-state index >= 15 is 0 Å². The molecule has 1 aromatic heterocycles. The van der Waals surface area contributed by atoms with Gasteiger partial charge in [0.15, 0.2) is 0 Å². The predicted molar refractivity (Wildman–Crippen MR) is 103 cm³/mol. The molecule has 0 saturated carbocycles. The summed E-state index contributed by atoms with van der Waals surface area (Å²) in [6.07, 6.45) is 0. The molecule has 1 unspecified atom stereocenters. The lowest BCUT2D eigenvalue weighted by Gasteiger charge is -2.22.